The molecule has 2 heterocycles. The number of carbonyl (C=O) groups excluding carboxylic acids is 1. The highest BCUT2D eigenvalue weighted by Crippen LogP contribution is 2.31. The Morgan fingerprint density at radius 2 is 1.77 bits per heavy atom. The van der Waals surface area contributed by atoms with E-state index in [0.717, 1.165) is 56.4 Å². The molecule has 0 aromatic heterocycles. The molecule has 1 fully saturated rings. The van der Waals surface area contributed by atoms with E-state index in [2.05, 4.69) is 24.3 Å². The fourth-order valence-electron chi connectivity index (χ4n) is 4.61. The largest absolute Gasteiger partial charge is 0.339 e. The molecule has 2 aromatic carbocycles. The Morgan fingerprint density at radius 1 is 1.03 bits per heavy atom. The average molecular weight is 427 g/mol. The van der Waals surface area contributed by atoms with Crippen LogP contribution in [0.3, 0.4) is 0 Å². The predicted octanol–water partition coefficient (Wildman–Crippen LogP) is 3.88. The Morgan fingerprint density at radius 3 is 2.47 bits per heavy atom. The predicted molar refractivity (Wildman–Crippen MR) is 120 cm³/mol. The lowest BCUT2D eigenvalue weighted by Crippen LogP contribution is -2.39. The molecule has 0 atom stereocenters. The molecule has 0 N–H and O–H groups in total. The molecular formula is C24H30N2O3S. The number of sulfonamides is 1. The number of fused-ring (bicyclic) bond motifs is 1. The smallest absolute Gasteiger partial charge is 0.253 e. The number of nitrogens with zero attached hydrogens (tertiary/aromatic N) is 2. The highest BCUT2D eigenvalue weighted by molar-refractivity contribution is 7.92. The second-order valence-corrected chi connectivity index (χ2v) is 10.5. The number of anilines is 1. The van der Waals surface area contributed by atoms with Crippen molar-refractivity contribution in [3.63, 3.8) is 0 Å². The van der Waals surface area contributed by atoms with Crippen LogP contribution in [0.25, 0.3) is 0 Å². The van der Waals surface area contributed by atoms with Gasteiger partial charge in [-0.3, -0.25) is 9.10 Å². The molecule has 5 nitrogen and oxygen atoms in total. The molecule has 0 saturated carbocycles. The number of carbonyl (C=O) groups is 1. The van der Waals surface area contributed by atoms with E-state index in [1.54, 1.807) is 13.0 Å². The summed E-state index contributed by atoms with van der Waals surface area (Å²) in [5.41, 5.74) is 3.74. The number of hydrogen-bond donors (Lipinski definition) is 0. The lowest BCUT2D eigenvalue weighted by atomic mass is 9.90. The van der Waals surface area contributed by atoms with Crippen molar-refractivity contribution in [3.8, 4) is 0 Å². The summed E-state index contributed by atoms with van der Waals surface area (Å²) >= 11 is 0. The van der Waals surface area contributed by atoms with Crippen molar-refractivity contribution in [1.82, 2.24) is 4.90 Å². The molecule has 0 radical (unpaired) electrons. The van der Waals surface area contributed by atoms with Gasteiger partial charge in [-0.2, -0.15) is 0 Å². The maximum atomic E-state index is 13.1. The zero-order valence-electron chi connectivity index (χ0n) is 17.6. The standard InChI is InChI=1S/C24H30N2O3S/c1-2-30(28,29)26-14-6-9-21-18-22(10-11-23(21)26)24(27)25-15-12-20(13-16-25)17-19-7-4-3-5-8-19/h3-5,7-8,10-11,18,20H,2,6,9,12-17H2,1H3. The molecule has 0 bridgehead atoms. The van der Waals surface area contributed by atoms with Gasteiger partial charge in [-0.25, -0.2) is 8.42 Å². The monoisotopic (exact) mass is 426 g/mol. The van der Waals surface area contributed by atoms with Gasteiger partial charge in [0.15, 0.2) is 0 Å². The molecule has 0 aliphatic carbocycles. The molecule has 0 spiro atoms. The zero-order chi connectivity index (χ0) is 21.1. The van der Waals surface area contributed by atoms with Crippen molar-refractivity contribution < 1.29 is 13.2 Å². The zero-order valence-corrected chi connectivity index (χ0v) is 18.4. The van der Waals surface area contributed by atoms with Gasteiger partial charge in [0, 0.05) is 25.2 Å². The number of piperidine rings is 1. The number of rotatable bonds is 5. The number of hydrogen-bond acceptors (Lipinski definition) is 3. The van der Waals surface area contributed by atoms with Gasteiger partial charge in [0.1, 0.15) is 0 Å². The third-order valence-corrected chi connectivity index (χ3v) is 8.15. The summed E-state index contributed by atoms with van der Waals surface area (Å²) in [5, 5.41) is 0. The van der Waals surface area contributed by atoms with Crippen LogP contribution in [0.2, 0.25) is 0 Å². The normalized spacial score (nSPS) is 17.6. The first-order valence-electron chi connectivity index (χ1n) is 10.9. The third kappa shape index (κ3) is 4.38. The number of amides is 1. The van der Waals surface area contributed by atoms with E-state index < -0.39 is 10.0 Å². The Labute approximate surface area is 179 Å². The molecule has 2 aliphatic rings. The molecule has 160 valence electrons. The van der Waals surface area contributed by atoms with Gasteiger partial charge in [-0.1, -0.05) is 30.3 Å². The highest BCUT2D eigenvalue weighted by Gasteiger charge is 2.28. The van der Waals surface area contributed by atoms with Gasteiger partial charge >= 0.3 is 0 Å². The summed E-state index contributed by atoms with van der Waals surface area (Å²) in [5.74, 6) is 0.768. The fourth-order valence-corrected chi connectivity index (χ4v) is 5.81. The summed E-state index contributed by atoms with van der Waals surface area (Å²) in [6.07, 6.45) is 4.71. The Kier molecular flexibility index (Phi) is 6.14. The minimum Gasteiger partial charge on any atom is -0.339 e. The van der Waals surface area contributed by atoms with Crippen LogP contribution in [-0.4, -0.2) is 44.6 Å². The van der Waals surface area contributed by atoms with Crippen molar-refractivity contribution >= 4 is 21.6 Å². The molecule has 6 heteroatoms. The summed E-state index contributed by atoms with van der Waals surface area (Å²) in [7, 11) is -3.28. The molecule has 1 amide bonds. The van der Waals surface area contributed by atoms with Crippen LogP contribution in [-0.2, 0) is 22.9 Å². The SMILES string of the molecule is CCS(=O)(=O)N1CCCc2cc(C(=O)N3CCC(Cc4ccccc4)CC3)ccc21. The minimum atomic E-state index is -3.28. The quantitative estimate of drug-likeness (QED) is 0.729. The van der Waals surface area contributed by atoms with Crippen LogP contribution in [0.5, 0.6) is 0 Å². The van der Waals surface area contributed by atoms with E-state index in [9.17, 15) is 13.2 Å². The molecule has 0 unspecified atom stereocenters. The average Bonchev–Trinajstić information content (AvgIpc) is 2.79. The minimum absolute atomic E-state index is 0.0615. The van der Waals surface area contributed by atoms with Gasteiger partial charge < -0.3 is 4.90 Å². The lowest BCUT2D eigenvalue weighted by molar-refractivity contribution is 0.0690. The summed E-state index contributed by atoms with van der Waals surface area (Å²) in [6.45, 7) is 3.75. The second kappa shape index (κ2) is 8.80. The first-order chi connectivity index (χ1) is 14.5. The highest BCUT2D eigenvalue weighted by atomic mass is 32.2. The van der Waals surface area contributed by atoms with E-state index in [1.807, 2.05) is 23.1 Å². The number of benzene rings is 2. The third-order valence-electron chi connectivity index (χ3n) is 6.37. The molecule has 1 saturated heterocycles. The van der Waals surface area contributed by atoms with Crippen LogP contribution < -0.4 is 4.31 Å². The van der Waals surface area contributed by atoms with E-state index >= 15 is 0 Å². The molecule has 4 rings (SSSR count). The van der Waals surface area contributed by atoms with Crippen LogP contribution in [0.15, 0.2) is 48.5 Å². The Balaban J connectivity index is 1.42. The summed E-state index contributed by atoms with van der Waals surface area (Å²) in [6, 6.07) is 16.1. The maximum Gasteiger partial charge on any atom is 0.253 e. The van der Waals surface area contributed by atoms with Crippen LogP contribution in [0.1, 0.15) is 47.7 Å². The number of aryl methyl sites for hydroxylation is 1. The molecule has 30 heavy (non-hydrogen) atoms. The first-order valence-corrected chi connectivity index (χ1v) is 12.6. The maximum absolute atomic E-state index is 13.1. The van der Waals surface area contributed by atoms with Crippen LogP contribution >= 0.6 is 0 Å². The van der Waals surface area contributed by atoms with Crippen molar-refractivity contribution in [1.29, 1.82) is 0 Å². The topological polar surface area (TPSA) is 57.7 Å². The van der Waals surface area contributed by atoms with Crippen molar-refractivity contribution in [3.05, 3.63) is 65.2 Å². The van der Waals surface area contributed by atoms with E-state index in [1.165, 1.54) is 9.87 Å². The van der Waals surface area contributed by atoms with Crippen LogP contribution in [0, 0.1) is 5.92 Å². The fraction of sp³-hybridized carbons (Fsp3) is 0.458. The lowest BCUT2D eigenvalue weighted by Gasteiger charge is -2.33. The Bertz CT molecular complexity index is 996. The van der Waals surface area contributed by atoms with Gasteiger partial charge in [0.2, 0.25) is 10.0 Å². The molecule has 2 aliphatic heterocycles. The van der Waals surface area contributed by atoms with Gasteiger partial charge in [0.05, 0.1) is 11.4 Å². The van der Waals surface area contributed by atoms with Crippen LogP contribution in [0.4, 0.5) is 5.69 Å². The second-order valence-electron chi connectivity index (χ2n) is 8.35. The van der Waals surface area contributed by atoms with Gasteiger partial charge in [-0.15, -0.1) is 0 Å². The first kappa shape index (κ1) is 20.9. The van der Waals surface area contributed by atoms with E-state index in [4.69, 9.17) is 0 Å². The number of likely N-dealkylation sites (tertiary alicyclic amines) is 1. The molecular weight excluding hydrogens is 396 g/mol. The Hall–Kier alpha value is -2.34. The van der Waals surface area contributed by atoms with Crippen molar-refractivity contribution in [2.75, 3.05) is 29.7 Å². The van der Waals surface area contributed by atoms with Crippen molar-refractivity contribution in [2.24, 2.45) is 5.92 Å². The molecule has 2 aromatic rings. The summed E-state index contributed by atoms with van der Waals surface area (Å²) in [4.78, 5) is 15.0. The van der Waals surface area contributed by atoms with Gasteiger partial charge in [0.25, 0.3) is 5.91 Å². The van der Waals surface area contributed by atoms with E-state index in [-0.39, 0.29) is 11.7 Å². The van der Waals surface area contributed by atoms with Crippen molar-refractivity contribution in [2.45, 2.75) is 39.0 Å². The van der Waals surface area contributed by atoms with Gasteiger partial charge in [-0.05, 0) is 74.3 Å². The van der Waals surface area contributed by atoms with E-state index in [0.29, 0.717) is 18.0 Å². The summed E-state index contributed by atoms with van der Waals surface area (Å²) < 4.78 is 26.3.